The molecule has 9 nitrogen and oxygen atoms in total. The molecule has 0 unspecified atom stereocenters. The minimum atomic E-state index is -0.218. The molecule has 4 rings (SSSR count). The van der Waals surface area contributed by atoms with Crippen LogP contribution in [-0.4, -0.2) is 65.2 Å². The molecule has 0 bridgehead atoms. The predicted molar refractivity (Wildman–Crippen MR) is 147 cm³/mol. The lowest BCUT2D eigenvalue weighted by molar-refractivity contribution is 0.0378. The monoisotopic (exact) mass is 503 g/mol. The van der Waals surface area contributed by atoms with E-state index in [0.717, 1.165) is 57.2 Å². The van der Waals surface area contributed by atoms with Crippen molar-refractivity contribution in [1.29, 1.82) is 0 Å². The van der Waals surface area contributed by atoms with E-state index >= 15 is 0 Å². The van der Waals surface area contributed by atoms with Crippen LogP contribution in [0.1, 0.15) is 48.8 Å². The van der Waals surface area contributed by atoms with Crippen LogP contribution in [0.3, 0.4) is 0 Å². The van der Waals surface area contributed by atoms with Gasteiger partial charge in [-0.2, -0.15) is 0 Å². The number of carbonyl (C=O) groups is 1. The van der Waals surface area contributed by atoms with Crippen LogP contribution in [-0.2, 0) is 16.7 Å². The summed E-state index contributed by atoms with van der Waals surface area (Å²) in [5.41, 5.74) is 3.29. The predicted octanol–water partition coefficient (Wildman–Crippen LogP) is 4.17. The molecule has 0 atom stereocenters. The van der Waals surface area contributed by atoms with Crippen LogP contribution in [0.5, 0.6) is 0 Å². The molecule has 9 heteroatoms. The average Bonchev–Trinajstić information content (AvgIpc) is 2.91. The molecular formula is C28H37N7O2. The average molecular weight is 504 g/mol. The molecular weight excluding hydrogens is 466 g/mol. The second-order valence-electron chi connectivity index (χ2n) is 10.1. The Hall–Kier alpha value is -3.56. The standard InChI is InChI=1S/C28H37N7O2/c1-28(2,3)21-7-9-22(10-8-21)33-26(36)24-6-4-12-29-25(24)32-20-23-11-14-31-27(34-23)30-13-5-15-35-16-18-37-19-17-35/h4,6-12,14H,5,13,15-20H2,1-3H3,(H,29,32)(H,33,36)(H,30,31,34). The number of nitrogens with one attached hydrogen (secondary N) is 3. The van der Waals surface area contributed by atoms with Gasteiger partial charge in [0, 0.05) is 37.7 Å². The molecule has 1 amide bonds. The van der Waals surface area contributed by atoms with Crippen molar-refractivity contribution >= 4 is 23.4 Å². The number of nitrogens with zero attached hydrogens (tertiary/aromatic N) is 4. The molecule has 1 aliphatic rings. The molecule has 2 aromatic heterocycles. The zero-order chi connectivity index (χ0) is 26.1. The highest BCUT2D eigenvalue weighted by atomic mass is 16.5. The van der Waals surface area contributed by atoms with Gasteiger partial charge in [0.2, 0.25) is 5.95 Å². The Morgan fingerprint density at radius 3 is 2.54 bits per heavy atom. The van der Waals surface area contributed by atoms with E-state index < -0.39 is 0 Å². The summed E-state index contributed by atoms with van der Waals surface area (Å²) < 4.78 is 5.39. The number of amides is 1. The third kappa shape index (κ3) is 7.96. The van der Waals surface area contributed by atoms with Gasteiger partial charge in [-0.1, -0.05) is 32.9 Å². The van der Waals surface area contributed by atoms with Gasteiger partial charge in [0.05, 0.1) is 31.0 Å². The number of ether oxygens (including phenoxy) is 1. The van der Waals surface area contributed by atoms with Gasteiger partial charge >= 0.3 is 0 Å². The molecule has 3 heterocycles. The Bertz CT molecular complexity index is 1160. The van der Waals surface area contributed by atoms with E-state index in [1.54, 1.807) is 24.5 Å². The summed E-state index contributed by atoms with van der Waals surface area (Å²) in [5.74, 6) is 0.883. The highest BCUT2D eigenvalue weighted by Crippen LogP contribution is 2.24. The Balaban J connectivity index is 1.30. The highest BCUT2D eigenvalue weighted by Gasteiger charge is 2.15. The van der Waals surface area contributed by atoms with E-state index in [1.807, 2.05) is 30.3 Å². The number of pyridine rings is 1. The Morgan fingerprint density at radius 2 is 1.78 bits per heavy atom. The van der Waals surface area contributed by atoms with E-state index in [2.05, 4.69) is 56.6 Å². The highest BCUT2D eigenvalue weighted by molar-refractivity contribution is 6.07. The van der Waals surface area contributed by atoms with Crippen molar-refractivity contribution in [3.05, 3.63) is 71.7 Å². The van der Waals surface area contributed by atoms with Crippen molar-refractivity contribution in [1.82, 2.24) is 19.9 Å². The van der Waals surface area contributed by atoms with Crippen molar-refractivity contribution in [2.24, 2.45) is 0 Å². The topological polar surface area (TPSA) is 104 Å². The van der Waals surface area contributed by atoms with Gasteiger partial charge in [-0.05, 0) is 54.3 Å². The molecule has 3 N–H and O–H groups in total. The first-order chi connectivity index (χ1) is 17.9. The Kier molecular flexibility index (Phi) is 9.03. The summed E-state index contributed by atoms with van der Waals surface area (Å²) in [7, 11) is 0. The molecule has 0 aliphatic carbocycles. The lowest BCUT2D eigenvalue weighted by atomic mass is 9.87. The minimum absolute atomic E-state index is 0.0578. The summed E-state index contributed by atoms with van der Waals surface area (Å²) in [6, 6.07) is 13.3. The molecule has 0 spiro atoms. The lowest BCUT2D eigenvalue weighted by Crippen LogP contribution is -2.37. The fourth-order valence-electron chi connectivity index (χ4n) is 4.06. The molecule has 1 aromatic carbocycles. The van der Waals surface area contributed by atoms with E-state index in [0.29, 0.717) is 23.9 Å². The number of anilines is 3. The van der Waals surface area contributed by atoms with Crippen LogP contribution in [0.4, 0.5) is 17.5 Å². The van der Waals surface area contributed by atoms with Crippen LogP contribution in [0, 0.1) is 0 Å². The zero-order valence-corrected chi connectivity index (χ0v) is 22.0. The van der Waals surface area contributed by atoms with Crippen molar-refractivity contribution in [3.8, 4) is 0 Å². The van der Waals surface area contributed by atoms with E-state index in [4.69, 9.17) is 4.74 Å². The Morgan fingerprint density at radius 1 is 1.00 bits per heavy atom. The van der Waals surface area contributed by atoms with Gasteiger partial charge in [-0.15, -0.1) is 0 Å². The van der Waals surface area contributed by atoms with Crippen molar-refractivity contribution in [3.63, 3.8) is 0 Å². The Labute approximate surface area is 219 Å². The van der Waals surface area contributed by atoms with E-state index in [9.17, 15) is 4.79 Å². The van der Waals surface area contributed by atoms with Gasteiger partial charge in [-0.3, -0.25) is 9.69 Å². The van der Waals surface area contributed by atoms with E-state index in [-0.39, 0.29) is 11.3 Å². The first-order valence-electron chi connectivity index (χ1n) is 12.9. The summed E-state index contributed by atoms with van der Waals surface area (Å²) in [4.78, 5) is 28.7. The number of aromatic nitrogens is 3. The minimum Gasteiger partial charge on any atom is -0.379 e. The second kappa shape index (κ2) is 12.6. The van der Waals surface area contributed by atoms with Gasteiger partial charge in [0.15, 0.2) is 0 Å². The summed E-state index contributed by atoms with van der Waals surface area (Å²) in [5, 5.41) is 9.53. The van der Waals surface area contributed by atoms with Gasteiger partial charge in [0.25, 0.3) is 5.91 Å². The van der Waals surface area contributed by atoms with E-state index in [1.165, 1.54) is 5.56 Å². The second-order valence-corrected chi connectivity index (χ2v) is 10.1. The molecule has 3 aromatic rings. The van der Waals surface area contributed by atoms with Crippen LogP contribution in [0.2, 0.25) is 0 Å². The maximum absolute atomic E-state index is 13.0. The largest absolute Gasteiger partial charge is 0.379 e. The molecule has 0 saturated carbocycles. The van der Waals surface area contributed by atoms with Crippen LogP contribution in [0.25, 0.3) is 0 Å². The molecule has 0 radical (unpaired) electrons. The zero-order valence-electron chi connectivity index (χ0n) is 22.0. The summed E-state index contributed by atoms with van der Waals surface area (Å²) in [6.07, 6.45) is 4.41. The van der Waals surface area contributed by atoms with Crippen molar-refractivity contribution in [2.45, 2.75) is 39.2 Å². The van der Waals surface area contributed by atoms with Crippen LogP contribution >= 0.6 is 0 Å². The van der Waals surface area contributed by atoms with Gasteiger partial charge in [-0.25, -0.2) is 15.0 Å². The number of rotatable bonds is 10. The van der Waals surface area contributed by atoms with Crippen LogP contribution < -0.4 is 16.0 Å². The number of hydrogen-bond donors (Lipinski definition) is 3. The number of carbonyl (C=O) groups excluding carboxylic acids is 1. The summed E-state index contributed by atoms with van der Waals surface area (Å²) >= 11 is 0. The number of benzene rings is 1. The molecule has 1 saturated heterocycles. The normalized spacial score (nSPS) is 14.2. The third-order valence-corrected chi connectivity index (χ3v) is 6.25. The maximum atomic E-state index is 13.0. The lowest BCUT2D eigenvalue weighted by Gasteiger charge is -2.26. The maximum Gasteiger partial charge on any atom is 0.259 e. The molecule has 37 heavy (non-hydrogen) atoms. The number of hydrogen-bond acceptors (Lipinski definition) is 8. The first-order valence-corrected chi connectivity index (χ1v) is 12.9. The third-order valence-electron chi connectivity index (χ3n) is 6.25. The van der Waals surface area contributed by atoms with Gasteiger partial charge < -0.3 is 20.7 Å². The summed E-state index contributed by atoms with van der Waals surface area (Å²) in [6.45, 7) is 12.4. The quantitative estimate of drug-likeness (QED) is 0.354. The fourth-order valence-corrected chi connectivity index (χ4v) is 4.06. The molecule has 1 aliphatic heterocycles. The van der Waals surface area contributed by atoms with Crippen molar-refractivity contribution < 1.29 is 9.53 Å². The van der Waals surface area contributed by atoms with Crippen LogP contribution in [0.15, 0.2) is 54.9 Å². The first kappa shape index (κ1) is 26.5. The molecule has 196 valence electrons. The number of morpholine rings is 1. The SMILES string of the molecule is CC(C)(C)c1ccc(NC(=O)c2cccnc2NCc2ccnc(NCCCN3CCOCC3)n2)cc1. The van der Waals surface area contributed by atoms with Crippen molar-refractivity contribution in [2.75, 3.05) is 55.3 Å². The smallest absolute Gasteiger partial charge is 0.259 e. The molecule has 1 fully saturated rings. The fraction of sp³-hybridized carbons (Fsp3) is 0.429. The van der Waals surface area contributed by atoms with Gasteiger partial charge in [0.1, 0.15) is 5.82 Å².